The smallest absolute Gasteiger partial charge is 0.0604 e. The van der Waals surface area contributed by atoms with Crippen LogP contribution >= 0.6 is 0 Å². The van der Waals surface area contributed by atoms with Crippen molar-refractivity contribution in [1.82, 2.24) is 9.91 Å². The third kappa shape index (κ3) is 1.08. The maximum absolute atomic E-state index is 5.94. The van der Waals surface area contributed by atoms with E-state index < -0.39 is 0 Å². The molecule has 0 bridgehead atoms. The second-order valence-corrected chi connectivity index (χ2v) is 4.05. The summed E-state index contributed by atoms with van der Waals surface area (Å²) in [6.07, 6.45) is 3.94. The zero-order chi connectivity index (χ0) is 7.90. The molecule has 11 heavy (non-hydrogen) atoms. The molecular weight excluding hydrogens is 138 g/mol. The van der Waals surface area contributed by atoms with Crippen LogP contribution in [-0.2, 0) is 0 Å². The van der Waals surface area contributed by atoms with Gasteiger partial charge in [-0.2, -0.15) is 0 Å². The van der Waals surface area contributed by atoms with E-state index in [2.05, 4.69) is 17.0 Å². The molecule has 0 radical (unpaired) electrons. The van der Waals surface area contributed by atoms with Gasteiger partial charge in [0.1, 0.15) is 0 Å². The van der Waals surface area contributed by atoms with Crippen LogP contribution in [0.25, 0.3) is 0 Å². The summed E-state index contributed by atoms with van der Waals surface area (Å²) in [6, 6.07) is 0. The van der Waals surface area contributed by atoms with E-state index in [1.165, 1.54) is 32.4 Å². The Morgan fingerprint density at radius 3 is 2.55 bits per heavy atom. The van der Waals surface area contributed by atoms with Gasteiger partial charge < -0.3 is 4.90 Å². The minimum Gasteiger partial charge on any atom is -0.302 e. The number of nitrogens with zero attached hydrogens (tertiary/aromatic N) is 2. The van der Waals surface area contributed by atoms with Gasteiger partial charge in [0.15, 0.2) is 0 Å². The van der Waals surface area contributed by atoms with Crippen LogP contribution in [0.4, 0.5) is 0 Å². The van der Waals surface area contributed by atoms with Gasteiger partial charge in [-0.15, -0.1) is 0 Å². The fourth-order valence-corrected chi connectivity index (χ4v) is 2.42. The first-order valence-corrected chi connectivity index (χ1v) is 4.44. The van der Waals surface area contributed by atoms with Crippen molar-refractivity contribution in [1.29, 1.82) is 0 Å². The lowest BCUT2D eigenvalue weighted by molar-refractivity contribution is -0.0671. The topological polar surface area (TPSA) is 32.5 Å². The van der Waals surface area contributed by atoms with Gasteiger partial charge in [0.25, 0.3) is 0 Å². The van der Waals surface area contributed by atoms with Gasteiger partial charge in [-0.05, 0) is 19.9 Å². The number of likely N-dealkylation sites (N-methyl/N-ethyl adjacent to an activating group) is 1. The third-order valence-electron chi connectivity index (χ3n) is 3.03. The number of hydrogen-bond donors (Lipinski definition) is 1. The van der Waals surface area contributed by atoms with Gasteiger partial charge in [0, 0.05) is 19.6 Å². The lowest BCUT2D eigenvalue weighted by Gasteiger charge is -2.55. The van der Waals surface area contributed by atoms with Gasteiger partial charge >= 0.3 is 0 Å². The Morgan fingerprint density at radius 1 is 1.27 bits per heavy atom. The first kappa shape index (κ1) is 7.53. The van der Waals surface area contributed by atoms with Gasteiger partial charge in [0.2, 0.25) is 0 Å². The number of hydrogen-bond acceptors (Lipinski definition) is 3. The molecule has 0 aromatic rings. The van der Waals surface area contributed by atoms with Crippen LogP contribution in [0.1, 0.15) is 19.3 Å². The molecule has 0 unspecified atom stereocenters. The van der Waals surface area contributed by atoms with Crippen LogP contribution in [0, 0.1) is 0 Å². The monoisotopic (exact) mass is 155 g/mol. The Morgan fingerprint density at radius 2 is 2.00 bits per heavy atom. The van der Waals surface area contributed by atoms with E-state index in [4.69, 9.17) is 5.84 Å². The van der Waals surface area contributed by atoms with E-state index >= 15 is 0 Å². The lowest BCUT2D eigenvalue weighted by atomic mass is 9.81. The summed E-state index contributed by atoms with van der Waals surface area (Å²) in [5.41, 5.74) is 0.368. The minimum atomic E-state index is 0.368. The molecule has 3 nitrogen and oxygen atoms in total. The van der Waals surface area contributed by atoms with E-state index in [1.807, 2.05) is 0 Å². The Hall–Kier alpha value is -0.120. The molecule has 0 aromatic heterocycles. The zero-order valence-corrected chi connectivity index (χ0v) is 7.21. The second kappa shape index (κ2) is 2.44. The van der Waals surface area contributed by atoms with Crippen LogP contribution in [0.3, 0.4) is 0 Å². The number of hydrazine groups is 1. The minimum absolute atomic E-state index is 0.368. The highest BCUT2D eigenvalue weighted by molar-refractivity contribution is 5.02. The Labute approximate surface area is 68.1 Å². The molecule has 2 N–H and O–H groups in total. The summed E-state index contributed by atoms with van der Waals surface area (Å²) in [4.78, 5) is 2.34. The maximum atomic E-state index is 5.94. The van der Waals surface area contributed by atoms with Crippen molar-refractivity contribution in [3.05, 3.63) is 0 Å². The molecule has 0 aromatic carbocycles. The van der Waals surface area contributed by atoms with Gasteiger partial charge in [0.05, 0.1) is 5.54 Å². The molecule has 2 aliphatic rings. The largest absolute Gasteiger partial charge is 0.302 e. The summed E-state index contributed by atoms with van der Waals surface area (Å²) >= 11 is 0. The molecular formula is C8H17N3. The van der Waals surface area contributed by atoms with E-state index in [0.717, 1.165) is 6.54 Å². The van der Waals surface area contributed by atoms with Crippen molar-refractivity contribution in [2.75, 3.05) is 26.7 Å². The molecule has 0 saturated carbocycles. The van der Waals surface area contributed by atoms with Crippen LogP contribution in [-0.4, -0.2) is 42.1 Å². The van der Waals surface area contributed by atoms with Crippen molar-refractivity contribution in [3.63, 3.8) is 0 Å². The quantitative estimate of drug-likeness (QED) is 0.501. The van der Waals surface area contributed by atoms with Crippen molar-refractivity contribution in [2.45, 2.75) is 24.8 Å². The average Bonchev–Trinajstić information content (AvgIpc) is 1.92. The first-order chi connectivity index (χ1) is 5.23. The van der Waals surface area contributed by atoms with Crippen molar-refractivity contribution < 1.29 is 0 Å². The number of likely N-dealkylation sites (tertiary alicyclic amines) is 1. The Kier molecular flexibility index (Phi) is 1.67. The number of nitrogens with two attached hydrogens (primary N) is 1. The predicted molar refractivity (Wildman–Crippen MR) is 45.0 cm³/mol. The highest BCUT2D eigenvalue weighted by Crippen LogP contribution is 2.33. The fraction of sp³-hybridized carbons (Fsp3) is 1.00. The molecule has 1 spiro atoms. The molecule has 2 rings (SSSR count). The molecule has 0 atom stereocenters. The maximum Gasteiger partial charge on any atom is 0.0604 e. The van der Waals surface area contributed by atoms with E-state index in [9.17, 15) is 0 Å². The molecule has 64 valence electrons. The number of piperidine rings is 1. The van der Waals surface area contributed by atoms with Crippen LogP contribution in [0.5, 0.6) is 0 Å². The van der Waals surface area contributed by atoms with Crippen LogP contribution in [0.15, 0.2) is 0 Å². The highest BCUT2D eigenvalue weighted by Gasteiger charge is 2.45. The SMILES string of the molecule is CN1CC2(CCCCN2N)C1. The summed E-state index contributed by atoms with van der Waals surface area (Å²) in [6.45, 7) is 3.43. The van der Waals surface area contributed by atoms with Crippen molar-refractivity contribution >= 4 is 0 Å². The first-order valence-electron chi connectivity index (χ1n) is 4.44. The summed E-state index contributed by atoms with van der Waals surface area (Å²) in [5, 5.41) is 2.07. The Balaban J connectivity index is 2.00. The molecule has 2 saturated heterocycles. The fourth-order valence-electron chi connectivity index (χ4n) is 2.42. The van der Waals surface area contributed by atoms with Crippen LogP contribution in [0.2, 0.25) is 0 Å². The van der Waals surface area contributed by atoms with Gasteiger partial charge in [-0.1, -0.05) is 6.42 Å². The zero-order valence-electron chi connectivity index (χ0n) is 7.21. The van der Waals surface area contributed by atoms with Crippen LogP contribution < -0.4 is 5.84 Å². The Bertz CT molecular complexity index is 146. The van der Waals surface area contributed by atoms with Crippen molar-refractivity contribution in [2.24, 2.45) is 5.84 Å². The summed E-state index contributed by atoms with van der Waals surface area (Å²) in [5.74, 6) is 5.94. The third-order valence-corrected chi connectivity index (χ3v) is 3.03. The van der Waals surface area contributed by atoms with Gasteiger partial charge in [-0.3, -0.25) is 5.84 Å². The molecule has 0 aliphatic carbocycles. The molecule has 2 fully saturated rings. The van der Waals surface area contributed by atoms with Crippen molar-refractivity contribution in [3.8, 4) is 0 Å². The summed E-state index contributed by atoms with van der Waals surface area (Å²) in [7, 11) is 2.16. The van der Waals surface area contributed by atoms with E-state index in [0.29, 0.717) is 5.54 Å². The van der Waals surface area contributed by atoms with E-state index in [1.54, 1.807) is 0 Å². The molecule has 2 aliphatic heterocycles. The number of rotatable bonds is 0. The van der Waals surface area contributed by atoms with Gasteiger partial charge in [-0.25, -0.2) is 5.01 Å². The summed E-state index contributed by atoms with van der Waals surface area (Å²) < 4.78 is 0. The average molecular weight is 155 g/mol. The highest BCUT2D eigenvalue weighted by atomic mass is 15.5. The predicted octanol–water partition coefficient (Wildman–Crippen LogP) is 0.0302. The lowest BCUT2D eigenvalue weighted by Crippen LogP contribution is -2.72. The second-order valence-electron chi connectivity index (χ2n) is 4.05. The van der Waals surface area contributed by atoms with E-state index in [-0.39, 0.29) is 0 Å². The molecule has 0 amide bonds. The normalized spacial score (nSPS) is 32.2. The molecule has 2 heterocycles. The standard InChI is InChI=1S/C8H17N3/c1-10-6-8(7-10)4-2-3-5-11(8)9/h2-7,9H2,1H3. The molecule has 3 heteroatoms.